The highest BCUT2D eigenvalue weighted by molar-refractivity contribution is 7.86. The smallest absolute Gasteiger partial charge is 0.276 e. The molecule has 1 fully saturated rings. The fraction of sp³-hybridized carbons (Fsp3) is 0.455. The summed E-state index contributed by atoms with van der Waals surface area (Å²) in [4.78, 5) is 15.9. The molecule has 2 heterocycles. The number of piperidine rings is 1. The number of aromatic nitrogens is 1. The first kappa shape index (κ1) is 13.9. The summed E-state index contributed by atoms with van der Waals surface area (Å²) < 4.78 is 23.5. The molecule has 19 heavy (non-hydrogen) atoms. The summed E-state index contributed by atoms with van der Waals surface area (Å²) in [5.74, 6) is -0.305. The quantitative estimate of drug-likeness (QED) is 0.810. The van der Waals surface area contributed by atoms with Crippen LogP contribution in [0, 0.1) is 5.92 Å². The molecule has 0 aromatic carbocycles. The number of nitrogens with one attached hydrogen (secondary N) is 1. The van der Waals surface area contributed by atoms with Crippen LogP contribution >= 0.6 is 0 Å². The number of hydrogen-bond donors (Lipinski definition) is 2. The lowest BCUT2D eigenvalue weighted by Crippen LogP contribution is -2.44. The third kappa shape index (κ3) is 3.72. The van der Waals surface area contributed by atoms with Crippen LogP contribution in [0.3, 0.4) is 0 Å². The lowest BCUT2D eigenvalue weighted by molar-refractivity contribution is -0.120. The summed E-state index contributed by atoms with van der Waals surface area (Å²) in [5.41, 5.74) is 0.640. The molecule has 2 rings (SSSR count). The molecule has 3 N–H and O–H groups in total. The van der Waals surface area contributed by atoms with Crippen molar-refractivity contribution in [2.24, 2.45) is 11.1 Å². The zero-order chi connectivity index (χ0) is 13.9. The van der Waals surface area contributed by atoms with Crippen molar-refractivity contribution in [3.05, 3.63) is 24.5 Å². The summed E-state index contributed by atoms with van der Waals surface area (Å²) >= 11 is 0. The molecule has 0 bridgehead atoms. The number of carbonyl (C=O) groups is 1. The van der Waals surface area contributed by atoms with Gasteiger partial charge in [0.05, 0.1) is 11.9 Å². The zero-order valence-electron chi connectivity index (χ0n) is 10.3. The number of pyridine rings is 1. The molecular weight excluding hydrogens is 268 g/mol. The zero-order valence-corrected chi connectivity index (χ0v) is 11.1. The van der Waals surface area contributed by atoms with Gasteiger partial charge in [0.1, 0.15) is 0 Å². The maximum Gasteiger partial charge on any atom is 0.276 e. The Bertz CT molecular complexity index is 538. The molecule has 0 radical (unpaired) electrons. The number of carbonyl (C=O) groups excluding carboxylic acids is 1. The second kappa shape index (κ2) is 5.64. The summed E-state index contributed by atoms with van der Waals surface area (Å²) in [6.07, 6.45) is 4.14. The topological polar surface area (TPSA) is 105 Å². The van der Waals surface area contributed by atoms with Crippen molar-refractivity contribution >= 4 is 21.8 Å². The minimum absolute atomic E-state index is 0.109. The minimum Gasteiger partial charge on any atom is -0.324 e. The van der Waals surface area contributed by atoms with E-state index in [1.807, 2.05) is 0 Å². The molecule has 104 valence electrons. The van der Waals surface area contributed by atoms with E-state index in [0.29, 0.717) is 18.5 Å². The van der Waals surface area contributed by atoms with Gasteiger partial charge in [-0.15, -0.1) is 0 Å². The highest BCUT2D eigenvalue weighted by Crippen LogP contribution is 2.20. The van der Waals surface area contributed by atoms with Crippen molar-refractivity contribution in [2.75, 3.05) is 18.4 Å². The third-order valence-electron chi connectivity index (χ3n) is 3.11. The van der Waals surface area contributed by atoms with Crippen LogP contribution in [-0.2, 0) is 15.0 Å². The standard InChI is InChI=1S/C11H16N4O3S/c12-19(17,18)15-6-3-9(4-7-15)11(16)14-10-2-1-5-13-8-10/h1-2,5,8-9H,3-4,6-7H2,(H,14,16)(H2,12,17,18). The lowest BCUT2D eigenvalue weighted by Gasteiger charge is -2.28. The van der Waals surface area contributed by atoms with Gasteiger partial charge in [-0.3, -0.25) is 9.78 Å². The Morgan fingerprint density at radius 2 is 2.11 bits per heavy atom. The Hall–Kier alpha value is -1.51. The second-order valence-electron chi connectivity index (χ2n) is 4.45. The van der Waals surface area contributed by atoms with Crippen molar-refractivity contribution in [3.63, 3.8) is 0 Å². The van der Waals surface area contributed by atoms with Gasteiger partial charge in [-0.2, -0.15) is 12.7 Å². The summed E-state index contributed by atoms with van der Waals surface area (Å²) in [6.45, 7) is 0.563. The van der Waals surface area contributed by atoms with Crippen LogP contribution in [-0.4, -0.2) is 36.7 Å². The van der Waals surface area contributed by atoms with E-state index in [1.54, 1.807) is 24.5 Å². The fourth-order valence-electron chi connectivity index (χ4n) is 2.05. The molecule has 0 aliphatic carbocycles. The summed E-state index contributed by atoms with van der Waals surface area (Å²) in [5, 5.41) is 7.81. The van der Waals surface area contributed by atoms with Gasteiger partial charge in [0, 0.05) is 25.2 Å². The summed E-state index contributed by atoms with van der Waals surface area (Å²) in [7, 11) is -3.64. The monoisotopic (exact) mass is 284 g/mol. The van der Waals surface area contributed by atoms with Crippen LogP contribution in [0.2, 0.25) is 0 Å². The van der Waals surface area contributed by atoms with Gasteiger partial charge in [-0.05, 0) is 25.0 Å². The van der Waals surface area contributed by atoms with Crippen LogP contribution in [0.5, 0.6) is 0 Å². The van der Waals surface area contributed by atoms with Crippen molar-refractivity contribution in [2.45, 2.75) is 12.8 Å². The van der Waals surface area contributed by atoms with Crippen LogP contribution in [0.4, 0.5) is 5.69 Å². The number of nitrogens with zero attached hydrogens (tertiary/aromatic N) is 2. The molecule has 1 aliphatic rings. The number of hydrogen-bond acceptors (Lipinski definition) is 4. The lowest BCUT2D eigenvalue weighted by atomic mass is 9.97. The number of nitrogens with two attached hydrogens (primary N) is 1. The highest BCUT2D eigenvalue weighted by Gasteiger charge is 2.29. The van der Waals surface area contributed by atoms with Gasteiger partial charge in [0.25, 0.3) is 10.2 Å². The largest absolute Gasteiger partial charge is 0.324 e. The van der Waals surface area contributed by atoms with Gasteiger partial charge < -0.3 is 5.32 Å². The highest BCUT2D eigenvalue weighted by atomic mass is 32.2. The van der Waals surface area contributed by atoms with Crippen LogP contribution in [0.25, 0.3) is 0 Å². The SMILES string of the molecule is NS(=O)(=O)N1CCC(C(=O)Nc2cccnc2)CC1. The maximum absolute atomic E-state index is 12.0. The number of anilines is 1. The molecule has 8 heteroatoms. The average Bonchev–Trinajstić information content (AvgIpc) is 2.39. The first-order valence-electron chi connectivity index (χ1n) is 5.95. The van der Waals surface area contributed by atoms with E-state index < -0.39 is 10.2 Å². The van der Waals surface area contributed by atoms with Crippen LogP contribution in [0.1, 0.15) is 12.8 Å². The van der Waals surface area contributed by atoms with Crippen LogP contribution in [0.15, 0.2) is 24.5 Å². The second-order valence-corrected chi connectivity index (χ2v) is 6.00. The number of amides is 1. The first-order valence-corrected chi connectivity index (χ1v) is 7.46. The first-order chi connectivity index (χ1) is 8.97. The van der Waals surface area contributed by atoms with Crippen molar-refractivity contribution in [1.29, 1.82) is 0 Å². The molecule has 0 unspecified atom stereocenters. The molecule has 0 saturated carbocycles. The van der Waals surface area contributed by atoms with Gasteiger partial charge in [0.15, 0.2) is 0 Å². The van der Waals surface area contributed by atoms with Gasteiger partial charge in [-0.25, -0.2) is 5.14 Å². The Kier molecular flexibility index (Phi) is 4.13. The Morgan fingerprint density at radius 1 is 1.42 bits per heavy atom. The Morgan fingerprint density at radius 3 is 2.63 bits per heavy atom. The van der Waals surface area contributed by atoms with Gasteiger partial charge in [0.2, 0.25) is 5.91 Å². The molecule has 0 spiro atoms. The van der Waals surface area contributed by atoms with E-state index in [9.17, 15) is 13.2 Å². The Labute approximate surface area is 112 Å². The molecule has 1 aromatic heterocycles. The average molecular weight is 284 g/mol. The summed E-state index contributed by atoms with van der Waals surface area (Å²) in [6, 6.07) is 3.49. The number of rotatable bonds is 3. The maximum atomic E-state index is 12.0. The molecule has 1 aromatic rings. The van der Waals surface area contributed by atoms with E-state index in [2.05, 4.69) is 10.3 Å². The van der Waals surface area contributed by atoms with Crippen molar-refractivity contribution < 1.29 is 13.2 Å². The fourth-order valence-corrected chi connectivity index (χ4v) is 2.77. The molecule has 1 saturated heterocycles. The van der Waals surface area contributed by atoms with Crippen molar-refractivity contribution in [3.8, 4) is 0 Å². The van der Waals surface area contributed by atoms with E-state index >= 15 is 0 Å². The van der Waals surface area contributed by atoms with E-state index in [-0.39, 0.29) is 24.9 Å². The molecule has 1 aliphatic heterocycles. The predicted octanol–water partition coefficient (Wildman–Crippen LogP) is -0.0644. The Balaban J connectivity index is 1.90. The minimum atomic E-state index is -3.64. The van der Waals surface area contributed by atoms with E-state index in [1.165, 1.54) is 4.31 Å². The van der Waals surface area contributed by atoms with Crippen LogP contribution < -0.4 is 10.5 Å². The predicted molar refractivity (Wildman–Crippen MR) is 70.3 cm³/mol. The third-order valence-corrected chi connectivity index (χ3v) is 4.20. The molecular formula is C11H16N4O3S. The molecule has 0 atom stereocenters. The van der Waals surface area contributed by atoms with Crippen molar-refractivity contribution in [1.82, 2.24) is 9.29 Å². The van der Waals surface area contributed by atoms with Gasteiger partial charge >= 0.3 is 0 Å². The molecule has 1 amide bonds. The van der Waals surface area contributed by atoms with E-state index in [0.717, 1.165) is 0 Å². The normalized spacial score (nSPS) is 18.2. The van der Waals surface area contributed by atoms with Gasteiger partial charge in [-0.1, -0.05) is 0 Å². The van der Waals surface area contributed by atoms with E-state index in [4.69, 9.17) is 5.14 Å². The molecule has 7 nitrogen and oxygen atoms in total.